The molecule has 2 aliphatic rings. The van der Waals surface area contributed by atoms with E-state index in [2.05, 4.69) is 38.8 Å². The lowest BCUT2D eigenvalue weighted by molar-refractivity contribution is -0.123. The second-order valence-electron chi connectivity index (χ2n) is 9.62. The van der Waals surface area contributed by atoms with Crippen LogP contribution >= 0.6 is 0 Å². The molecule has 0 bridgehead atoms. The van der Waals surface area contributed by atoms with Crippen LogP contribution in [0.1, 0.15) is 28.1 Å². The van der Waals surface area contributed by atoms with Crippen LogP contribution in [-0.4, -0.2) is 39.5 Å². The normalized spacial score (nSPS) is 18.4. The number of aromatic amines is 1. The summed E-state index contributed by atoms with van der Waals surface area (Å²) in [6, 6.07) is 24.2. The minimum atomic E-state index is -0.976. The number of methoxy groups -OCH3 is 1. The summed E-state index contributed by atoms with van der Waals surface area (Å²) in [7, 11) is 1.67. The Labute approximate surface area is 213 Å². The van der Waals surface area contributed by atoms with Crippen LogP contribution in [0.5, 0.6) is 5.75 Å². The summed E-state index contributed by atoms with van der Waals surface area (Å²) in [5, 5.41) is 13.4. The molecule has 0 aliphatic carbocycles. The summed E-state index contributed by atoms with van der Waals surface area (Å²) < 4.78 is 7.29. The van der Waals surface area contributed by atoms with Crippen molar-refractivity contribution in [3.8, 4) is 5.75 Å². The monoisotopic (exact) mass is 490 g/mol. The molecule has 37 heavy (non-hydrogen) atoms. The molecule has 1 amide bonds. The molecular formula is C29H26N6O2. The number of para-hydroxylation sites is 1. The maximum atomic E-state index is 14.4. The Morgan fingerprint density at radius 2 is 1.86 bits per heavy atom. The van der Waals surface area contributed by atoms with Gasteiger partial charge in [0.2, 0.25) is 0 Å². The van der Waals surface area contributed by atoms with E-state index < -0.39 is 5.54 Å². The first-order chi connectivity index (χ1) is 18.2. The van der Waals surface area contributed by atoms with Crippen LogP contribution in [0.2, 0.25) is 0 Å². The van der Waals surface area contributed by atoms with Gasteiger partial charge in [0.05, 0.1) is 37.8 Å². The van der Waals surface area contributed by atoms with E-state index in [9.17, 15) is 4.79 Å². The van der Waals surface area contributed by atoms with Gasteiger partial charge in [0, 0.05) is 23.0 Å². The molecular weight excluding hydrogens is 464 g/mol. The number of hydrogen-bond donors (Lipinski definition) is 2. The lowest BCUT2D eigenvalue weighted by Crippen LogP contribution is -2.54. The minimum Gasteiger partial charge on any atom is -0.497 e. The number of H-pyrrole nitrogens is 1. The van der Waals surface area contributed by atoms with Crippen molar-refractivity contribution in [2.45, 2.75) is 25.0 Å². The molecule has 1 atom stereocenters. The second-order valence-corrected chi connectivity index (χ2v) is 9.62. The zero-order valence-electron chi connectivity index (χ0n) is 20.4. The van der Waals surface area contributed by atoms with Crippen molar-refractivity contribution in [1.29, 1.82) is 0 Å². The van der Waals surface area contributed by atoms with Gasteiger partial charge in [-0.25, -0.2) is 4.68 Å². The van der Waals surface area contributed by atoms with Gasteiger partial charge < -0.3 is 14.6 Å². The highest BCUT2D eigenvalue weighted by atomic mass is 16.5. The predicted octanol–water partition coefficient (Wildman–Crippen LogP) is 3.75. The number of amides is 1. The maximum absolute atomic E-state index is 14.4. The molecule has 0 fully saturated rings. The summed E-state index contributed by atoms with van der Waals surface area (Å²) in [6.45, 7) is 1.67. The Morgan fingerprint density at radius 1 is 1.03 bits per heavy atom. The molecule has 0 radical (unpaired) electrons. The highest BCUT2D eigenvalue weighted by Crippen LogP contribution is 2.48. The minimum absolute atomic E-state index is 0.00854. The third-order valence-corrected chi connectivity index (χ3v) is 7.51. The first kappa shape index (κ1) is 21.8. The number of benzene rings is 3. The Balaban J connectivity index is 1.28. The fraction of sp³-hybridized carbons (Fsp3) is 0.207. The van der Waals surface area contributed by atoms with E-state index in [1.54, 1.807) is 7.11 Å². The first-order valence-corrected chi connectivity index (χ1v) is 12.5. The SMILES string of the molecule is COc1ccc2[nH]c3c(c2c1)CCN[C@]31C(=O)N(Cc2cn(Cc3ccccc3)nn2)c2ccccc21. The summed E-state index contributed by atoms with van der Waals surface area (Å²) >= 11 is 0. The number of aromatic nitrogens is 4. The third kappa shape index (κ3) is 3.29. The molecule has 1 spiro atoms. The molecule has 0 saturated carbocycles. The number of rotatable bonds is 5. The zero-order chi connectivity index (χ0) is 25.0. The number of fused-ring (bicyclic) bond motifs is 6. The van der Waals surface area contributed by atoms with E-state index in [1.807, 2.05) is 70.4 Å². The molecule has 8 nitrogen and oxygen atoms in total. The summed E-state index contributed by atoms with van der Waals surface area (Å²) in [6.07, 6.45) is 2.75. The molecule has 0 unspecified atom stereocenters. The molecule has 2 aromatic heterocycles. The molecule has 184 valence electrons. The molecule has 2 N–H and O–H groups in total. The van der Waals surface area contributed by atoms with E-state index in [1.165, 1.54) is 0 Å². The maximum Gasteiger partial charge on any atom is 0.258 e. The number of carbonyl (C=O) groups is 1. The van der Waals surface area contributed by atoms with Gasteiger partial charge in [0.15, 0.2) is 5.54 Å². The second kappa shape index (κ2) is 8.31. The topological polar surface area (TPSA) is 88.1 Å². The van der Waals surface area contributed by atoms with Crippen LogP contribution in [0.4, 0.5) is 5.69 Å². The third-order valence-electron chi connectivity index (χ3n) is 7.51. The van der Waals surface area contributed by atoms with E-state index in [-0.39, 0.29) is 5.91 Å². The first-order valence-electron chi connectivity index (χ1n) is 12.5. The Kier molecular flexibility index (Phi) is 4.90. The van der Waals surface area contributed by atoms with Crippen molar-refractivity contribution in [3.63, 3.8) is 0 Å². The predicted molar refractivity (Wildman–Crippen MR) is 141 cm³/mol. The van der Waals surface area contributed by atoms with Gasteiger partial charge in [-0.2, -0.15) is 0 Å². The molecule has 2 aliphatic heterocycles. The van der Waals surface area contributed by atoms with Gasteiger partial charge in [0.25, 0.3) is 5.91 Å². The van der Waals surface area contributed by atoms with Crippen LogP contribution in [0.3, 0.4) is 0 Å². The van der Waals surface area contributed by atoms with Crippen molar-refractivity contribution in [3.05, 3.63) is 107 Å². The lowest BCUT2D eigenvalue weighted by atomic mass is 9.82. The summed E-state index contributed by atoms with van der Waals surface area (Å²) in [4.78, 5) is 19.8. The Morgan fingerprint density at radius 3 is 2.73 bits per heavy atom. The van der Waals surface area contributed by atoms with Gasteiger partial charge >= 0.3 is 0 Å². The van der Waals surface area contributed by atoms with Crippen LogP contribution in [0.25, 0.3) is 10.9 Å². The number of nitrogens with zero attached hydrogens (tertiary/aromatic N) is 4. The molecule has 7 rings (SSSR count). The van der Waals surface area contributed by atoms with E-state index in [0.29, 0.717) is 19.6 Å². The Bertz CT molecular complexity index is 1640. The number of carbonyl (C=O) groups excluding carboxylic acids is 1. The van der Waals surface area contributed by atoms with E-state index in [0.717, 1.165) is 56.8 Å². The van der Waals surface area contributed by atoms with Crippen molar-refractivity contribution in [2.24, 2.45) is 0 Å². The highest BCUT2D eigenvalue weighted by molar-refractivity contribution is 6.11. The van der Waals surface area contributed by atoms with Crippen LogP contribution in [0.15, 0.2) is 79.0 Å². The Hall–Kier alpha value is -4.43. The van der Waals surface area contributed by atoms with Crippen LogP contribution < -0.4 is 15.0 Å². The van der Waals surface area contributed by atoms with Crippen molar-refractivity contribution in [1.82, 2.24) is 25.3 Å². The van der Waals surface area contributed by atoms with Gasteiger partial charge in [0.1, 0.15) is 11.4 Å². The van der Waals surface area contributed by atoms with E-state index >= 15 is 0 Å². The average Bonchev–Trinajstić information content (AvgIpc) is 3.60. The number of anilines is 1. The standard InChI is InChI=1S/C29H26N6O2/c1-37-21-11-12-25-23(15-21)22-13-14-30-29(27(22)31-25)24-9-5-6-10-26(24)35(28(29)36)18-20-17-34(33-32-20)16-19-7-3-2-4-8-19/h2-12,15,17,30-31H,13-14,16,18H2,1H3/t29-/m0/s1. The van der Waals surface area contributed by atoms with Gasteiger partial charge in [-0.3, -0.25) is 10.1 Å². The number of hydrogen-bond acceptors (Lipinski definition) is 5. The summed E-state index contributed by atoms with van der Waals surface area (Å²) in [5.74, 6) is 0.797. The smallest absolute Gasteiger partial charge is 0.258 e. The zero-order valence-corrected chi connectivity index (χ0v) is 20.4. The van der Waals surface area contributed by atoms with Gasteiger partial charge in [-0.05, 0) is 41.8 Å². The van der Waals surface area contributed by atoms with Gasteiger partial charge in [-0.1, -0.05) is 53.7 Å². The molecule has 5 aromatic rings. The highest BCUT2D eigenvalue weighted by Gasteiger charge is 2.55. The number of nitrogens with one attached hydrogen (secondary N) is 2. The molecule has 0 saturated heterocycles. The molecule has 3 aromatic carbocycles. The number of ether oxygens (including phenoxy) is 1. The lowest BCUT2D eigenvalue weighted by Gasteiger charge is -2.34. The van der Waals surface area contributed by atoms with Crippen molar-refractivity contribution in [2.75, 3.05) is 18.6 Å². The quantitative estimate of drug-likeness (QED) is 0.392. The average molecular weight is 491 g/mol. The largest absolute Gasteiger partial charge is 0.497 e. The molecule has 4 heterocycles. The molecule has 8 heteroatoms. The fourth-order valence-corrected chi connectivity index (χ4v) is 5.84. The van der Waals surface area contributed by atoms with Crippen molar-refractivity contribution >= 4 is 22.5 Å². The van der Waals surface area contributed by atoms with Crippen molar-refractivity contribution < 1.29 is 9.53 Å². The fourth-order valence-electron chi connectivity index (χ4n) is 5.84. The van der Waals surface area contributed by atoms with E-state index in [4.69, 9.17) is 4.74 Å². The summed E-state index contributed by atoms with van der Waals surface area (Å²) in [5.41, 5.74) is 5.83. The van der Waals surface area contributed by atoms with Crippen LogP contribution in [-0.2, 0) is 29.8 Å². The van der Waals surface area contributed by atoms with Crippen LogP contribution in [0, 0.1) is 0 Å². The van der Waals surface area contributed by atoms with Gasteiger partial charge in [-0.15, -0.1) is 5.10 Å².